The van der Waals surface area contributed by atoms with Crippen LogP contribution >= 0.6 is 0 Å². The Balaban J connectivity index is 2.70. The minimum atomic E-state index is -2.31. The van der Waals surface area contributed by atoms with E-state index in [9.17, 15) is 26.7 Å². The van der Waals surface area contributed by atoms with Gasteiger partial charge in [-0.25, -0.2) is 26.7 Å². The van der Waals surface area contributed by atoms with Crippen molar-refractivity contribution < 1.29 is 31.5 Å². The molecule has 1 heterocycles. The number of esters is 1. The van der Waals surface area contributed by atoms with Crippen molar-refractivity contribution in [1.82, 2.24) is 15.0 Å². The summed E-state index contributed by atoms with van der Waals surface area (Å²) in [6.07, 6.45) is 0.774. The Morgan fingerprint density at radius 1 is 1.10 bits per heavy atom. The van der Waals surface area contributed by atoms with E-state index in [0.717, 1.165) is 6.20 Å². The van der Waals surface area contributed by atoms with Crippen LogP contribution in [-0.2, 0) is 4.74 Å². The second kappa shape index (κ2) is 5.46. The topological polar surface area (TPSA) is 57.0 Å². The predicted molar refractivity (Wildman–Crippen MR) is 57.1 cm³/mol. The standard InChI is InChI=1S/C11H6F5N3O2/c1-2-21-11(20)4-3-17-18-19(4)10-8(15)6(13)5(12)7(14)9(10)16/h3H,2H2,1H3. The fourth-order valence-electron chi connectivity index (χ4n) is 1.52. The lowest BCUT2D eigenvalue weighted by atomic mass is 10.2. The maximum atomic E-state index is 13.6. The molecule has 21 heavy (non-hydrogen) atoms. The third-order valence-electron chi connectivity index (χ3n) is 2.43. The molecule has 0 aliphatic carbocycles. The number of aromatic nitrogens is 3. The van der Waals surface area contributed by atoms with Crippen molar-refractivity contribution in [2.75, 3.05) is 6.61 Å². The maximum Gasteiger partial charge on any atom is 0.358 e. The molecule has 0 spiro atoms. The van der Waals surface area contributed by atoms with Gasteiger partial charge in [-0.1, -0.05) is 5.21 Å². The summed E-state index contributed by atoms with van der Waals surface area (Å²) in [6.45, 7) is 1.39. The van der Waals surface area contributed by atoms with E-state index in [1.165, 1.54) is 6.92 Å². The molecular weight excluding hydrogens is 301 g/mol. The lowest BCUT2D eigenvalue weighted by Crippen LogP contribution is -2.16. The van der Waals surface area contributed by atoms with Crippen LogP contribution in [0.15, 0.2) is 6.20 Å². The highest BCUT2D eigenvalue weighted by Gasteiger charge is 2.30. The molecule has 0 bridgehead atoms. The molecule has 0 atom stereocenters. The van der Waals surface area contributed by atoms with Gasteiger partial charge in [0.2, 0.25) is 5.82 Å². The van der Waals surface area contributed by atoms with Crippen molar-refractivity contribution in [3.63, 3.8) is 0 Å². The van der Waals surface area contributed by atoms with Gasteiger partial charge in [-0.2, -0.15) is 4.68 Å². The third kappa shape index (κ3) is 2.32. The highest BCUT2D eigenvalue weighted by molar-refractivity contribution is 5.87. The Morgan fingerprint density at radius 3 is 2.14 bits per heavy atom. The molecule has 0 unspecified atom stereocenters. The number of ether oxygens (including phenoxy) is 1. The van der Waals surface area contributed by atoms with Crippen LogP contribution < -0.4 is 0 Å². The molecule has 0 amide bonds. The van der Waals surface area contributed by atoms with E-state index < -0.39 is 46.4 Å². The zero-order valence-electron chi connectivity index (χ0n) is 10.3. The Hall–Kier alpha value is -2.52. The lowest BCUT2D eigenvalue weighted by Gasteiger charge is -2.09. The monoisotopic (exact) mass is 307 g/mol. The molecule has 1 aromatic carbocycles. The van der Waals surface area contributed by atoms with Crippen LogP contribution in [0.5, 0.6) is 0 Å². The molecule has 0 aliphatic heterocycles. The number of halogens is 5. The van der Waals surface area contributed by atoms with Crippen molar-refractivity contribution in [2.24, 2.45) is 0 Å². The first-order valence-corrected chi connectivity index (χ1v) is 5.49. The first-order valence-electron chi connectivity index (χ1n) is 5.49. The number of hydrogen-bond donors (Lipinski definition) is 0. The van der Waals surface area contributed by atoms with E-state index in [1.807, 2.05) is 0 Å². The Labute approximate surface area is 113 Å². The molecule has 0 saturated carbocycles. The molecule has 0 N–H and O–H groups in total. The first-order chi connectivity index (χ1) is 9.90. The lowest BCUT2D eigenvalue weighted by molar-refractivity contribution is 0.0515. The molecule has 0 saturated heterocycles. The van der Waals surface area contributed by atoms with Crippen molar-refractivity contribution in [3.05, 3.63) is 41.0 Å². The summed E-state index contributed by atoms with van der Waals surface area (Å²) in [6, 6.07) is 0. The minimum absolute atomic E-state index is 0.0683. The van der Waals surface area contributed by atoms with Crippen LogP contribution in [0.25, 0.3) is 5.69 Å². The SMILES string of the molecule is CCOC(=O)c1cnnn1-c1c(F)c(F)c(F)c(F)c1F. The second-order valence-electron chi connectivity index (χ2n) is 3.67. The normalized spacial score (nSPS) is 10.8. The summed E-state index contributed by atoms with van der Waals surface area (Å²) >= 11 is 0. The Morgan fingerprint density at radius 2 is 1.62 bits per heavy atom. The first kappa shape index (κ1) is 14.9. The molecule has 2 aromatic rings. The number of nitrogens with zero attached hydrogens (tertiary/aromatic N) is 3. The van der Waals surface area contributed by atoms with E-state index >= 15 is 0 Å². The van der Waals surface area contributed by atoms with E-state index in [4.69, 9.17) is 0 Å². The van der Waals surface area contributed by atoms with E-state index in [0.29, 0.717) is 0 Å². The molecule has 112 valence electrons. The van der Waals surface area contributed by atoms with Crippen LogP contribution in [0.1, 0.15) is 17.4 Å². The van der Waals surface area contributed by atoms with Crippen molar-refractivity contribution in [3.8, 4) is 5.69 Å². The molecule has 1 aromatic heterocycles. The molecule has 0 fully saturated rings. The van der Waals surface area contributed by atoms with Gasteiger partial charge >= 0.3 is 5.97 Å². The number of carbonyl (C=O) groups excluding carboxylic acids is 1. The summed E-state index contributed by atoms with van der Waals surface area (Å²) in [4.78, 5) is 11.5. The van der Waals surface area contributed by atoms with Gasteiger partial charge in [0.05, 0.1) is 12.8 Å². The molecular formula is C11H6F5N3O2. The number of carbonyl (C=O) groups is 1. The van der Waals surface area contributed by atoms with Gasteiger partial charge in [-0.05, 0) is 6.92 Å². The zero-order chi connectivity index (χ0) is 15.7. The highest BCUT2D eigenvalue weighted by atomic mass is 19.2. The summed E-state index contributed by atoms with van der Waals surface area (Å²) in [5.74, 6) is -12.0. The molecule has 2 rings (SSSR count). The largest absolute Gasteiger partial charge is 0.461 e. The van der Waals surface area contributed by atoms with Crippen LogP contribution in [0.4, 0.5) is 22.0 Å². The molecule has 10 heteroatoms. The van der Waals surface area contributed by atoms with E-state index in [2.05, 4.69) is 15.0 Å². The average Bonchev–Trinajstić information content (AvgIpc) is 2.93. The number of hydrogen-bond acceptors (Lipinski definition) is 4. The molecule has 0 aliphatic rings. The Bertz CT molecular complexity index is 687. The van der Waals surface area contributed by atoms with Crippen LogP contribution in [0, 0.1) is 29.1 Å². The quantitative estimate of drug-likeness (QED) is 0.377. The second-order valence-corrected chi connectivity index (χ2v) is 3.67. The maximum absolute atomic E-state index is 13.6. The van der Waals surface area contributed by atoms with Crippen LogP contribution in [-0.4, -0.2) is 27.6 Å². The van der Waals surface area contributed by atoms with Crippen LogP contribution in [0.3, 0.4) is 0 Å². The van der Waals surface area contributed by atoms with Crippen LogP contribution in [0.2, 0.25) is 0 Å². The van der Waals surface area contributed by atoms with Gasteiger partial charge in [0.25, 0.3) is 0 Å². The Kier molecular flexibility index (Phi) is 3.87. The highest BCUT2D eigenvalue weighted by Crippen LogP contribution is 2.26. The third-order valence-corrected chi connectivity index (χ3v) is 2.43. The van der Waals surface area contributed by atoms with Gasteiger partial charge in [0.15, 0.2) is 29.0 Å². The summed E-state index contributed by atoms with van der Waals surface area (Å²) in [5, 5.41) is 6.36. The van der Waals surface area contributed by atoms with Gasteiger partial charge in [0.1, 0.15) is 5.69 Å². The molecule has 5 nitrogen and oxygen atoms in total. The smallest absolute Gasteiger partial charge is 0.358 e. The zero-order valence-corrected chi connectivity index (χ0v) is 10.3. The fraction of sp³-hybridized carbons (Fsp3) is 0.182. The predicted octanol–water partition coefficient (Wildman–Crippen LogP) is 2.14. The van der Waals surface area contributed by atoms with Gasteiger partial charge in [0, 0.05) is 0 Å². The summed E-state index contributed by atoms with van der Waals surface area (Å²) in [7, 11) is 0. The van der Waals surface area contributed by atoms with Crippen molar-refractivity contribution in [2.45, 2.75) is 6.92 Å². The molecule has 0 radical (unpaired) electrons. The average molecular weight is 307 g/mol. The van der Waals surface area contributed by atoms with Gasteiger partial charge in [-0.3, -0.25) is 0 Å². The van der Waals surface area contributed by atoms with E-state index in [1.54, 1.807) is 0 Å². The number of benzene rings is 1. The van der Waals surface area contributed by atoms with Gasteiger partial charge < -0.3 is 4.74 Å². The van der Waals surface area contributed by atoms with Gasteiger partial charge in [-0.15, -0.1) is 5.10 Å². The minimum Gasteiger partial charge on any atom is -0.461 e. The summed E-state index contributed by atoms with van der Waals surface area (Å²) < 4.78 is 71.2. The fourth-order valence-corrected chi connectivity index (χ4v) is 1.52. The number of rotatable bonds is 3. The van der Waals surface area contributed by atoms with Crippen molar-refractivity contribution in [1.29, 1.82) is 0 Å². The van der Waals surface area contributed by atoms with Crippen molar-refractivity contribution >= 4 is 5.97 Å². The summed E-state index contributed by atoms with van der Waals surface area (Å²) in [5.41, 5.74) is -1.99. The van der Waals surface area contributed by atoms with E-state index in [-0.39, 0.29) is 11.3 Å².